The van der Waals surface area contributed by atoms with Crippen LogP contribution in [0.25, 0.3) is 0 Å². The standard InChI is InChI=1S/C27H42N4O3/c1-4-6-7-11-14-25(33)29-17-15-27(16-18-29)26(34)30(20-24(32)28-19-22(3)5-2)21-31(27)23-12-9-8-10-13-23/h8-10,12-13,22H,4-7,11,14-21H2,1-3H3,(H,28,32). The zero-order chi connectivity index (χ0) is 24.6. The molecule has 188 valence electrons. The molecule has 0 saturated carbocycles. The number of carbonyl (C=O) groups excluding carboxylic acids is 3. The monoisotopic (exact) mass is 470 g/mol. The third kappa shape index (κ3) is 6.10. The maximum atomic E-state index is 13.7. The molecule has 0 aliphatic carbocycles. The van der Waals surface area contributed by atoms with Crippen molar-refractivity contribution < 1.29 is 14.4 Å². The van der Waals surface area contributed by atoms with Crippen molar-refractivity contribution in [2.75, 3.05) is 37.7 Å². The number of piperidine rings is 1. The van der Waals surface area contributed by atoms with E-state index in [2.05, 4.69) is 31.0 Å². The lowest BCUT2D eigenvalue weighted by molar-refractivity contribution is -0.140. The number of hydrogen-bond donors (Lipinski definition) is 1. The van der Waals surface area contributed by atoms with Gasteiger partial charge < -0.3 is 20.0 Å². The van der Waals surface area contributed by atoms with Crippen molar-refractivity contribution in [1.29, 1.82) is 0 Å². The van der Waals surface area contributed by atoms with Crippen LogP contribution in [-0.2, 0) is 14.4 Å². The molecule has 1 N–H and O–H groups in total. The van der Waals surface area contributed by atoms with Gasteiger partial charge in [-0.3, -0.25) is 14.4 Å². The van der Waals surface area contributed by atoms with Crippen LogP contribution in [0.5, 0.6) is 0 Å². The highest BCUT2D eigenvalue weighted by Crippen LogP contribution is 2.39. The molecule has 7 nitrogen and oxygen atoms in total. The van der Waals surface area contributed by atoms with Crippen molar-refractivity contribution in [2.24, 2.45) is 5.92 Å². The second-order valence-electron chi connectivity index (χ2n) is 9.95. The molecular weight excluding hydrogens is 428 g/mol. The predicted molar refractivity (Wildman–Crippen MR) is 135 cm³/mol. The Morgan fingerprint density at radius 3 is 2.41 bits per heavy atom. The Hall–Kier alpha value is -2.57. The molecule has 1 unspecified atom stereocenters. The van der Waals surface area contributed by atoms with Crippen LogP contribution in [0.15, 0.2) is 30.3 Å². The number of carbonyl (C=O) groups is 3. The average molecular weight is 471 g/mol. The van der Waals surface area contributed by atoms with Crippen molar-refractivity contribution in [3.63, 3.8) is 0 Å². The normalized spacial score (nSPS) is 18.4. The van der Waals surface area contributed by atoms with Gasteiger partial charge in [0.15, 0.2) is 0 Å². The van der Waals surface area contributed by atoms with E-state index >= 15 is 0 Å². The second kappa shape index (κ2) is 12.2. The van der Waals surface area contributed by atoms with E-state index in [9.17, 15) is 14.4 Å². The number of anilines is 1. The first-order valence-corrected chi connectivity index (χ1v) is 13.1. The zero-order valence-electron chi connectivity index (χ0n) is 21.2. The average Bonchev–Trinajstić information content (AvgIpc) is 3.12. The summed E-state index contributed by atoms with van der Waals surface area (Å²) < 4.78 is 0. The predicted octanol–water partition coefficient (Wildman–Crippen LogP) is 3.79. The van der Waals surface area contributed by atoms with E-state index in [-0.39, 0.29) is 24.3 Å². The van der Waals surface area contributed by atoms with Gasteiger partial charge in [0.2, 0.25) is 11.8 Å². The maximum absolute atomic E-state index is 13.7. The number of benzene rings is 1. The van der Waals surface area contributed by atoms with E-state index in [1.165, 1.54) is 0 Å². The Bertz CT molecular complexity index is 820. The van der Waals surface area contributed by atoms with Gasteiger partial charge in [0, 0.05) is 31.7 Å². The minimum absolute atomic E-state index is 0.00471. The van der Waals surface area contributed by atoms with Gasteiger partial charge in [0.1, 0.15) is 12.1 Å². The first-order chi connectivity index (χ1) is 16.4. The summed E-state index contributed by atoms with van der Waals surface area (Å²) in [5.41, 5.74) is 0.287. The number of nitrogens with one attached hydrogen (secondary N) is 1. The number of unbranched alkanes of at least 4 members (excludes halogenated alkanes) is 3. The molecule has 0 aromatic heterocycles. The second-order valence-corrected chi connectivity index (χ2v) is 9.95. The van der Waals surface area contributed by atoms with Crippen LogP contribution in [0.2, 0.25) is 0 Å². The molecule has 1 spiro atoms. The van der Waals surface area contributed by atoms with Crippen LogP contribution in [0, 0.1) is 5.92 Å². The van der Waals surface area contributed by atoms with Gasteiger partial charge >= 0.3 is 0 Å². The lowest BCUT2D eigenvalue weighted by Crippen LogP contribution is -2.57. The molecule has 1 atom stereocenters. The van der Waals surface area contributed by atoms with Crippen LogP contribution < -0.4 is 10.2 Å². The smallest absolute Gasteiger partial charge is 0.250 e. The Morgan fingerprint density at radius 1 is 1.06 bits per heavy atom. The van der Waals surface area contributed by atoms with Gasteiger partial charge in [-0.25, -0.2) is 0 Å². The van der Waals surface area contributed by atoms with Crippen LogP contribution in [0.3, 0.4) is 0 Å². The Kier molecular flexibility index (Phi) is 9.36. The molecule has 34 heavy (non-hydrogen) atoms. The number of hydrogen-bond acceptors (Lipinski definition) is 4. The third-order valence-corrected chi connectivity index (χ3v) is 7.45. The van der Waals surface area contributed by atoms with Crippen molar-refractivity contribution in [1.82, 2.24) is 15.1 Å². The number of para-hydroxylation sites is 1. The van der Waals surface area contributed by atoms with Gasteiger partial charge in [-0.15, -0.1) is 0 Å². The van der Waals surface area contributed by atoms with Gasteiger partial charge in [0.05, 0.1) is 6.67 Å². The molecule has 1 aromatic rings. The summed E-state index contributed by atoms with van der Waals surface area (Å²) >= 11 is 0. The molecule has 0 radical (unpaired) electrons. The molecular formula is C27H42N4O3. The lowest BCUT2D eigenvalue weighted by atomic mass is 9.85. The summed E-state index contributed by atoms with van der Waals surface area (Å²) in [5.74, 6) is 0.502. The molecule has 7 heteroatoms. The van der Waals surface area contributed by atoms with E-state index in [0.717, 1.165) is 37.8 Å². The van der Waals surface area contributed by atoms with E-state index in [1.807, 2.05) is 35.2 Å². The first kappa shape index (κ1) is 26.0. The van der Waals surface area contributed by atoms with Crippen molar-refractivity contribution in [3.05, 3.63) is 30.3 Å². The largest absolute Gasteiger partial charge is 0.354 e. The highest BCUT2D eigenvalue weighted by atomic mass is 16.2. The Balaban J connectivity index is 1.68. The van der Waals surface area contributed by atoms with E-state index in [0.29, 0.717) is 51.5 Å². The number of amides is 3. The minimum atomic E-state index is -0.697. The van der Waals surface area contributed by atoms with Crippen LogP contribution >= 0.6 is 0 Å². The van der Waals surface area contributed by atoms with E-state index in [4.69, 9.17) is 0 Å². The SMILES string of the molecule is CCCCCCC(=O)N1CCC2(CC1)C(=O)N(CC(=O)NCC(C)CC)CN2c1ccccc1. The summed E-state index contributed by atoms with van der Waals surface area (Å²) in [6, 6.07) is 9.96. The fraction of sp³-hybridized carbons (Fsp3) is 0.667. The van der Waals surface area contributed by atoms with Crippen LogP contribution in [0.1, 0.15) is 72.1 Å². The van der Waals surface area contributed by atoms with Gasteiger partial charge in [-0.2, -0.15) is 0 Å². The Labute approximate surface area is 204 Å². The van der Waals surface area contributed by atoms with Crippen molar-refractivity contribution in [2.45, 2.75) is 77.7 Å². The molecule has 2 heterocycles. The molecule has 2 aliphatic rings. The van der Waals surface area contributed by atoms with Crippen LogP contribution in [0.4, 0.5) is 5.69 Å². The maximum Gasteiger partial charge on any atom is 0.250 e. The molecule has 3 amide bonds. The van der Waals surface area contributed by atoms with Crippen molar-refractivity contribution >= 4 is 23.4 Å². The summed E-state index contributed by atoms with van der Waals surface area (Å²) in [7, 11) is 0. The number of nitrogens with zero attached hydrogens (tertiary/aromatic N) is 3. The summed E-state index contributed by atoms with van der Waals surface area (Å²) in [6.45, 7) is 8.62. The molecule has 3 rings (SSSR count). The quantitative estimate of drug-likeness (QED) is 0.500. The summed E-state index contributed by atoms with van der Waals surface area (Å²) in [4.78, 5) is 44.8. The van der Waals surface area contributed by atoms with Gasteiger partial charge in [0.25, 0.3) is 5.91 Å². The van der Waals surface area contributed by atoms with Crippen molar-refractivity contribution in [3.8, 4) is 0 Å². The molecule has 2 fully saturated rings. The summed E-state index contributed by atoms with van der Waals surface area (Å²) in [5, 5.41) is 2.97. The third-order valence-electron chi connectivity index (χ3n) is 7.45. The first-order valence-electron chi connectivity index (χ1n) is 13.1. The lowest BCUT2D eigenvalue weighted by Gasteiger charge is -2.43. The van der Waals surface area contributed by atoms with E-state index in [1.54, 1.807) is 4.90 Å². The minimum Gasteiger partial charge on any atom is -0.354 e. The molecule has 2 saturated heterocycles. The van der Waals surface area contributed by atoms with Crippen LogP contribution in [-0.4, -0.2) is 65.9 Å². The van der Waals surface area contributed by atoms with Gasteiger partial charge in [-0.05, 0) is 37.3 Å². The fourth-order valence-corrected chi connectivity index (χ4v) is 4.97. The number of rotatable bonds is 11. The summed E-state index contributed by atoms with van der Waals surface area (Å²) in [6.07, 6.45) is 7.12. The number of likely N-dealkylation sites (tertiary alicyclic amines) is 1. The fourth-order valence-electron chi connectivity index (χ4n) is 4.97. The molecule has 2 aliphatic heterocycles. The highest BCUT2D eigenvalue weighted by molar-refractivity contribution is 5.96. The highest BCUT2D eigenvalue weighted by Gasteiger charge is 2.54. The zero-order valence-corrected chi connectivity index (χ0v) is 21.2. The van der Waals surface area contributed by atoms with E-state index < -0.39 is 5.54 Å². The molecule has 1 aromatic carbocycles. The molecule has 0 bridgehead atoms. The topological polar surface area (TPSA) is 73.0 Å². The Morgan fingerprint density at radius 2 is 1.76 bits per heavy atom. The van der Waals surface area contributed by atoms with Gasteiger partial charge in [-0.1, -0.05) is 64.7 Å².